The first-order chi connectivity index (χ1) is 15.5. The molecular weight excluding hydrogens is 436 g/mol. The molecule has 2 amide bonds. The highest BCUT2D eigenvalue weighted by molar-refractivity contribution is 6.04. The highest BCUT2D eigenvalue weighted by Gasteiger charge is 2.22. The molecule has 0 aliphatic carbocycles. The summed E-state index contributed by atoms with van der Waals surface area (Å²) in [7, 11) is 0. The molecule has 0 aromatic heterocycles. The molecule has 170 valence electrons. The Hall–Kier alpha value is -3.64. The zero-order valence-electron chi connectivity index (χ0n) is 18.2. The average molecular weight is 463 g/mol. The van der Waals surface area contributed by atoms with E-state index in [1.165, 1.54) is 0 Å². The number of hydrogen-bond acceptors (Lipinski definition) is 3. The summed E-state index contributed by atoms with van der Waals surface area (Å²) in [6.07, 6.45) is 2.81. The number of anilines is 2. The molecule has 1 aliphatic rings. The van der Waals surface area contributed by atoms with Gasteiger partial charge in [-0.05, 0) is 60.7 Å². The number of amidine groups is 1. The van der Waals surface area contributed by atoms with E-state index in [0.717, 1.165) is 35.3 Å². The zero-order valence-corrected chi connectivity index (χ0v) is 19.0. The van der Waals surface area contributed by atoms with Crippen LogP contribution >= 0.6 is 12.4 Å². The summed E-state index contributed by atoms with van der Waals surface area (Å²) in [5.41, 5.74) is 10.6. The molecule has 0 radical (unpaired) electrons. The number of aryl methyl sites for hydroxylation is 2. The van der Waals surface area contributed by atoms with Crippen LogP contribution in [0.5, 0.6) is 0 Å². The topological polar surface area (TPSA) is 99.3 Å². The first kappa shape index (κ1) is 24.0. The van der Waals surface area contributed by atoms with Crippen molar-refractivity contribution in [3.63, 3.8) is 0 Å². The molecule has 0 unspecified atom stereocenters. The number of nitrogens with one attached hydrogen (secondary N) is 2. The molecule has 4 rings (SSSR count). The Morgan fingerprint density at radius 3 is 2.39 bits per heavy atom. The summed E-state index contributed by atoms with van der Waals surface area (Å²) in [5, 5.41) is 10.4. The molecule has 0 spiro atoms. The summed E-state index contributed by atoms with van der Waals surface area (Å²) in [6.45, 7) is 0.699. The van der Waals surface area contributed by atoms with Crippen LogP contribution in [-0.2, 0) is 17.6 Å². The molecule has 0 bridgehead atoms. The van der Waals surface area contributed by atoms with Crippen LogP contribution in [-0.4, -0.2) is 24.2 Å². The van der Waals surface area contributed by atoms with Gasteiger partial charge in [0.1, 0.15) is 5.84 Å². The van der Waals surface area contributed by atoms with Crippen molar-refractivity contribution in [2.45, 2.75) is 25.7 Å². The van der Waals surface area contributed by atoms with Crippen LogP contribution in [0, 0.1) is 5.41 Å². The molecule has 6 nitrogen and oxygen atoms in total. The maximum absolute atomic E-state index is 13.0. The van der Waals surface area contributed by atoms with Crippen molar-refractivity contribution < 1.29 is 9.59 Å². The number of carbonyl (C=O) groups excluding carboxylic acids is 2. The van der Waals surface area contributed by atoms with Gasteiger partial charge in [0.15, 0.2) is 0 Å². The highest BCUT2D eigenvalue weighted by atomic mass is 35.5. The number of fused-ring (bicyclic) bond motifs is 1. The van der Waals surface area contributed by atoms with Gasteiger partial charge in [-0.25, -0.2) is 0 Å². The summed E-state index contributed by atoms with van der Waals surface area (Å²) in [5.74, 6) is -0.0235. The van der Waals surface area contributed by atoms with Crippen molar-refractivity contribution in [1.82, 2.24) is 0 Å². The van der Waals surface area contributed by atoms with Gasteiger partial charge in [-0.3, -0.25) is 15.0 Å². The number of nitrogen functional groups attached to an aromatic ring is 1. The van der Waals surface area contributed by atoms with Crippen LogP contribution in [0.25, 0.3) is 0 Å². The minimum atomic E-state index is -0.148. The van der Waals surface area contributed by atoms with Crippen molar-refractivity contribution in [2.24, 2.45) is 5.73 Å². The van der Waals surface area contributed by atoms with Crippen molar-refractivity contribution >= 4 is 41.4 Å². The SMILES string of the molecule is Cl.N=C(N)c1ccc(CCC(=O)N2CCCc3cc(NC(=O)c4ccccc4)ccc32)cc1. The van der Waals surface area contributed by atoms with E-state index < -0.39 is 0 Å². The van der Waals surface area contributed by atoms with Gasteiger partial charge in [-0.15, -0.1) is 12.4 Å². The lowest BCUT2D eigenvalue weighted by Gasteiger charge is -2.30. The van der Waals surface area contributed by atoms with E-state index in [1.54, 1.807) is 12.1 Å². The number of rotatable bonds is 6. The van der Waals surface area contributed by atoms with Gasteiger partial charge >= 0.3 is 0 Å². The Morgan fingerprint density at radius 1 is 0.970 bits per heavy atom. The summed E-state index contributed by atoms with van der Waals surface area (Å²) in [4.78, 5) is 27.3. The van der Waals surface area contributed by atoms with Crippen molar-refractivity contribution in [3.05, 3.63) is 95.1 Å². The first-order valence-electron chi connectivity index (χ1n) is 10.7. The number of hydrogen-bond donors (Lipinski definition) is 3. The van der Waals surface area contributed by atoms with Gasteiger partial charge in [0.05, 0.1) is 0 Å². The van der Waals surface area contributed by atoms with Crippen LogP contribution in [0.2, 0.25) is 0 Å². The fraction of sp³-hybridized carbons (Fsp3) is 0.192. The lowest BCUT2D eigenvalue weighted by atomic mass is 9.99. The Kier molecular flexibility index (Phi) is 7.85. The van der Waals surface area contributed by atoms with Crippen LogP contribution in [0.3, 0.4) is 0 Å². The smallest absolute Gasteiger partial charge is 0.255 e. The molecule has 7 heteroatoms. The van der Waals surface area contributed by atoms with Crippen molar-refractivity contribution in [2.75, 3.05) is 16.8 Å². The highest BCUT2D eigenvalue weighted by Crippen LogP contribution is 2.30. The molecule has 0 saturated heterocycles. The predicted octanol–water partition coefficient (Wildman–Crippen LogP) is 4.56. The second kappa shape index (κ2) is 10.8. The standard InChI is InChI=1S/C26H26N4O2.ClH/c27-25(28)19-11-8-18(9-12-19)10-15-24(31)30-16-4-7-21-17-22(13-14-23(21)30)29-26(32)20-5-2-1-3-6-20;/h1-3,5-6,8-9,11-14,17H,4,7,10,15-16H2,(H3,27,28)(H,29,32);1H. The van der Waals surface area contributed by atoms with E-state index in [1.807, 2.05) is 65.6 Å². The summed E-state index contributed by atoms with van der Waals surface area (Å²) >= 11 is 0. The Labute approximate surface area is 199 Å². The summed E-state index contributed by atoms with van der Waals surface area (Å²) in [6, 6.07) is 22.3. The fourth-order valence-electron chi connectivity index (χ4n) is 3.96. The molecule has 0 atom stereocenters. The average Bonchev–Trinajstić information content (AvgIpc) is 2.82. The number of nitrogens with two attached hydrogens (primary N) is 1. The van der Waals surface area contributed by atoms with Gasteiger partial charge in [-0.1, -0.05) is 42.5 Å². The van der Waals surface area contributed by atoms with E-state index in [0.29, 0.717) is 30.5 Å². The van der Waals surface area contributed by atoms with E-state index >= 15 is 0 Å². The van der Waals surface area contributed by atoms with Crippen LogP contribution in [0.1, 0.15) is 39.9 Å². The molecule has 33 heavy (non-hydrogen) atoms. The minimum Gasteiger partial charge on any atom is -0.384 e. The zero-order chi connectivity index (χ0) is 22.5. The maximum atomic E-state index is 13.0. The van der Waals surface area contributed by atoms with Gasteiger partial charge in [0.25, 0.3) is 5.91 Å². The van der Waals surface area contributed by atoms with E-state index in [2.05, 4.69) is 5.32 Å². The van der Waals surface area contributed by atoms with Gasteiger partial charge in [0, 0.05) is 35.5 Å². The Balaban J connectivity index is 0.00000306. The number of benzene rings is 3. The third-order valence-corrected chi connectivity index (χ3v) is 5.69. The fourth-order valence-corrected chi connectivity index (χ4v) is 3.96. The van der Waals surface area contributed by atoms with E-state index in [4.69, 9.17) is 11.1 Å². The lowest BCUT2D eigenvalue weighted by Crippen LogP contribution is -2.35. The quantitative estimate of drug-likeness (QED) is 0.370. The Bertz CT molecular complexity index is 1150. The molecule has 0 fully saturated rings. The molecular formula is C26H27ClN4O2. The normalized spacial score (nSPS) is 12.3. The number of halogens is 1. The number of nitrogens with zero attached hydrogens (tertiary/aromatic N) is 1. The number of carbonyl (C=O) groups is 2. The molecule has 1 aliphatic heterocycles. The number of amides is 2. The first-order valence-corrected chi connectivity index (χ1v) is 10.7. The van der Waals surface area contributed by atoms with Crippen LogP contribution in [0.4, 0.5) is 11.4 Å². The molecule has 4 N–H and O–H groups in total. The largest absolute Gasteiger partial charge is 0.384 e. The third-order valence-electron chi connectivity index (χ3n) is 5.69. The van der Waals surface area contributed by atoms with E-state index in [-0.39, 0.29) is 30.1 Å². The molecule has 0 saturated carbocycles. The van der Waals surface area contributed by atoms with Crippen LogP contribution < -0.4 is 16.0 Å². The lowest BCUT2D eigenvalue weighted by molar-refractivity contribution is -0.118. The van der Waals surface area contributed by atoms with Gasteiger partial charge in [0.2, 0.25) is 5.91 Å². The van der Waals surface area contributed by atoms with Gasteiger partial charge in [-0.2, -0.15) is 0 Å². The van der Waals surface area contributed by atoms with E-state index in [9.17, 15) is 9.59 Å². The second-order valence-electron chi connectivity index (χ2n) is 7.92. The molecule has 3 aromatic carbocycles. The van der Waals surface area contributed by atoms with Gasteiger partial charge < -0.3 is 16.0 Å². The second-order valence-corrected chi connectivity index (χ2v) is 7.92. The third kappa shape index (κ3) is 5.79. The minimum absolute atomic E-state index is 0. The maximum Gasteiger partial charge on any atom is 0.255 e. The molecule has 3 aromatic rings. The van der Waals surface area contributed by atoms with Crippen molar-refractivity contribution in [3.8, 4) is 0 Å². The summed E-state index contributed by atoms with van der Waals surface area (Å²) < 4.78 is 0. The molecule has 1 heterocycles. The Morgan fingerprint density at radius 2 is 1.70 bits per heavy atom. The predicted molar refractivity (Wildman–Crippen MR) is 135 cm³/mol. The van der Waals surface area contributed by atoms with Crippen molar-refractivity contribution in [1.29, 1.82) is 5.41 Å². The van der Waals surface area contributed by atoms with Crippen LogP contribution in [0.15, 0.2) is 72.8 Å². The monoisotopic (exact) mass is 462 g/mol.